The Morgan fingerprint density at radius 3 is 2.77 bits per heavy atom. The third kappa shape index (κ3) is 2.74. The molecule has 4 rings (SSSR count). The number of fused-ring (bicyclic) bond motifs is 1. The van der Waals surface area contributed by atoms with E-state index in [-0.39, 0.29) is 11.6 Å². The molecule has 0 saturated heterocycles. The summed E-state index contributed by atoms with van der Waals surface area (Å²) >= 11 is 0. The molecule has 0 N–H and O–H groups in total. The predicted octanol–water partition coefficient (Wildman–Crippen LogP) is 3.39. The number of aldehydes is 1. The lowest BCUT2D eigenvalue weighted by molar-refractivity contribution is 0.112. The van der Waals surface area contributed by atoms with Crippen LogP contribution in [0, 0.1) is 17.1 Å². The van der Waals surface area contributed by atoms with Crippen LogP contribution >= 0.6 is 0 Å². The van der Waals surface area contributed by atoms with Gasteiger partial charge in [-0.05, 0) is 18.2 Å². The van der Waals surface area contributed by atoms with E-state index in [1.165, 1.54) is 6.07 Å². The van der Waals surface area contributed by atoms with Gasteiger partial charge in [0.1, 0.15) is 17.9 Å². The maximum Gasteiger partial charge on any atom is 0.150 e. The van der Waals surface area contributed by atoms with Crippen molar-refractivity contribution in [3.63, 3.8) is 0 Å². The lowest BCUT2D eigenvalue weighted by Gasteiger charge is -2.31. The highest BCUT2D eigenvalue weighted by atomic mass is 19.1. The van der Waals surface area contributed by atoms with Crippen LogP contribution in [0.1, 0.15) is 23.0 Å². The van der Waals surface area contributed by atoms with E-state index in [1.807, 2.05) is 23.1 Å². The first-order valence-corrected chi connectivity index (χ1v) is 8.16. The van der Waals surface area contributed by atoms with Crippen molar-refractivity contribution < 1.29 is 10.6 Å². The Hall–Kier alpha value is -3.46. The minimum absolute atomic E-state index is 0.0272. The van der Waals surface area contributed by atoms with Crippen LogP contribution in [0.2, 0.25) is 0 Å². The summed E-state index contributed by atoms with van der Waals surface area (Å²) in [6, 6.07) is 11.7. The minimum atomic E-state index is -0.674. The molecule has 1 aromatic heterocycles. The first-order chi connectivity index (χ1) is 13.1. The standard InChI is InChI=1S/C20H15FN4O/c21-18-9-15(10-22)3-6-19(18)24-7-8-25-17(12-24)11-23-20(25)16-4-1-14(13-26)2-5-16/h1-6,9,11,13H,7-8,12H2/i9D. The molecule has 128 valence electrons. The number of nitrogens with zero attached hydrogens (tertiary/aromatic N) is 4. The van der Waals surface area contributed by atoms with E-state index in [9.17, 15) is 9.18 Å². The normalized spacial score (nSPS) is 13.7. The Bertz CT molecular complexity index is 1070. The number of nitriles is 1. The van der Waals surface area contributed by atoms with Gasteiger partial charge in [-0.3, -0.25) is 4.79 Å². The summed E-state index contributed by atoms with van der Waals surface area (Å²) in [5.41, 5.74) is 2.81. The molecule has 0 atom stereocenters. The van der Waals surface area contributed by atoms with Crippen LogP contribution < -0.4 is 4.90 Å². The zero-order chi connectivity index (χ0) is 19.0. The van der Waals surface area contributed by atoms with Gasteiger partial charge in [-0.25, -0.2) is 9.37 Å². The second-order valence-corrected chi connectivity index (χ2v) is 6.07. The summed E-state index contributed by atoms with van der Waals surface area (Å²) in [4.78, 5) is 17.2. The maximum atomic E-state index is 14.5. The fraction of sp³-hybridized carbons (Fsp3) is 0.150. The molecule has 0 unspecified atom stereocenters. The average Bonchev–Trinajstić information content (AvgIpc) is 3.13. The van der Waals surface area contributed by atoms with Crippen LogP contribution in [-0.4, -0.2) is 22.4 Å². The van der Waals surface area contributed by atoms with Crippen molar-refractivity contribution in [3.8, 4) is 17.5 Å². The number of hydrogen-bond donors (Lipinski definition) is 0. The fourth-order valence-electron chi connectivity index (χ4n) is 3.20. The number of rotatable bonds is 3. The van der Waals surface area contributed by atoms with Crippen LogP contribution in [0.3, 0.4) is 0 Å². The summed E-state index contributed by atoms with van der Waals surface area (Å²) in [6.07, 6.45) is 2.56. The number of anilines is 1. The summed E-state index contributed by atoms with van der Waals surface area (Å²) in [7, 11) is 0. The molecule has 0 saturated carbocycles. The highest BCUT2D eigenvalue weighted by Crippen LogP contribution is 2.28. The molecule has 2 aromatic carbocycles. The lowest BCUT2D eigenvalue weighted by Crippen LogP contribution is -2.34. The Morgan fingerprint density at radius 2 is 2.04 bits per heavy atom. The van der Waals surface area contributed by atoms with Crippen molar-refractivity contribution in [1.29, 1.82) is 5.26 Å². The zero-order valence-corrected chi connectivity index (χ0v) is 13.8. The Balaban J connectivity index is 1.64. The van der Waals surface area contributed by atoms with Gasteiger partial charge in [-0.2, -0.15) is 5.26 Å². The molecule has 0 fully saturated rings. The van der Waals surface area contributed by atoms with Gasteiger partial charge < -0.3 is 9.47 Å². The number of aromatic nitrogens is 2. The molecule has 5 nitrogen and oxygen atoms in total. The van der Waals surface area contributed by atoms with E-state index < -0.39 is 5.82 Å². The van der Waals surface area contributed by atoms with Crippen molar-refractivity contribution in [2.24, 2.45) is 0 Å². The molecular weight excluding hydrogens is 331 g/mol. The number of halogens is 1. The Kier molecular flexibility index (Phi) is 3.68. The molecule has 0 amide bonds. The molecule has 0 aliphatic carbocycles. The van der Waals surface area contributed by atoms with Gasteiger partial charge in [-0.15, -0.1) is 0 Å². The molecule has 1 aliphatic rings. The van der Waals surface area contributed by atoms with Gasteiger partial charge in [0, 0.05) is 24.2 Å². The average molecular weight is 347 g/mol. The topological polar surface area (TPSA) is 61.9 Å². The van der Waals surface area contributed by atoms with Gasteiger partial charge in [-0.1, -0.05) is 24.3 Å². The molecule has 2 heterocycles. The second-order valence-electron chi connectivity index (χ2n) is 6.07. The highest BCUT2D eigenvalue weighted by Gasteiger charge is 2.22. The van der Waals surface area contributed by atoms with E-state index in [0.29, 0.717) is 30.9 Å². The summed E-state index contributed by atoms with van der Waals surface area (Å²) in [5.74, 6) is 0.135. The third-order valence-electron chi connectivity index (χ3n) is 4.53. The van der Waals surface area contributed by atoms with Crippen molar-refractivity contribution in [1.82, 2.24) is 9.55 Å². The number of carbonyl (C=O) groups is 1. The largest absolute Gasteiger partial charge is 0.361 e. The molecule has 26 heavy (non-hydrogen) atoms. The van der Waals surface area contributed by atoms with E-state index in [4.69, 9.17) is 6.63 Å². The second kappa shape index (κ2) is 6.45. The maximum absolute atomic E-state index is 14.5. The molecule has 0 spiro atoms. The lowest BCUT2D eigenvalue weighted by atomic mass is 10.1. The van der Waals surface area contributed by atoms with Gasteiger partial charge in [0.2, 0.25) is 0 Å². The first kappa shape index (κ1) is 14.8. The summed E-state index contributed by atoms with van der Waals surface area (Å²) in [6.45, 7) is 1.64. The molecule has 1 aliphatic heterocycles. The predicted molar refractivity (Wildman–Crippen MR) is 95.2 cm³/mol. The smallest absolute Gasteiger partial charge is 0.150 e. The van der Waals surface area contributed by atoms with Crippen molar-refractivity contribution in [2.45, 2.75) is 13.1 Å². The molecular formula is C20H15FN4O. The van der Waals surface area contributed by atoms with Crippen molar-refractivity contribution >= 4 is 12.0 Å². The van der Waals surface area contributed by atoms with Gasteiger partial charge in [0.05, 0.1) is 37.1 Å². The van der Waals surface area contributed by atoms with Crippen molar-refractivity contribution in [2.75, 3.05) is 11.4 Å². The fourth-order valence-corrected chi connectivity index (χ4v) is 3.20. The minimum Gasteiger partial charge on any atom is -0.361 e. The van der Waals surface area contributed by atoms with Gasteiger partial charge in [0.25, 0.3) is 0 Å². The molecule has 3 aromatic rings. The molecule has 0 bridgehead atoms. The van der Waals surface area contributed by atoms with E-state index in [2.05, 4.69) is 9.55 Å². The van der Waals surface area contributed by atoms with Crippen LogP contribution in [0.15, 0.2) is 48.6 Å². The number of imidazole rings is 1. The number of carbonyl (C=O) groups excluding carboxylic acids is 1. The van der Waals surface area contributed by atoms with E-state index in [1.54, 1.807) is 24.4 Å². The van der Waals surface area contributed by atoms with Crippen LogP contribution in [-0.2, 0) is 13.1 Å². The van der Waals surface area contributed by atoms with Crippen LogP contribution in [0.25, 0.3) is 11.4 Å². The molecule has 6 heteroatoms. The van der Waals surface area contributed by atoms with Gasteiger partial charge >= 0.3 is 0 Å². The van der Waals surface area contributed by atoms with Crippen LogP contribution in [0.5, 0.6) is 0 Å². The summed E-state index contributed by atoms with van der Waals surface area (Å²) < 4.78 is 24.4. The Labute approximate surface area is 151 Å². The number of benzene rings is 2. The Morgan fingerprint density at radius 1 is 1.23 bits per heavy atom. The highest BCUT2D eigenvalue weighted by molar-refractivity contribution is 5.76. The van der Waals surface area contributed by atoms with E-state index >= 15 is 0 Å². The monoisotopic (exact) mass is 347 g/mol. The number of hydrogen-bond acceptors (Lipinski definition) is 4. The van der Waals surface area contributed by atoms with Gasteiger partial charge in [0.15, 0.2) is 0 Å². The van der Waals surface area contributed by atoms with E-state index in [0.717, 1.165) is 23.4 Å². The SMILES string of the molecule is [2H]c1c(C#N)ccc(N2CCn3c(cnc3-c3ccc(C=O)cc3)C2)c1F. The van der Waals surface area contributed by atoms with Crippen LogP contribution in [0.4, 0.5) is 10.1 Å². The molecule has 0 radical (unpaired) electrons. The van der Waals surface area contributed by atoms with Crippen molar-refractivity contribution in [3.05, 3.63) is 71.3 Å². The summed E-state index contributed by atoms with van der Waals surface area (Å²) in [5, 5.41) is 8.94. The zero-order valence-electron chi connectivity index (χ0n) is 14.8. The first-order valence-electron chi connectivity index (χ1n) is 8.66. The quantitative estimate of drug-likeness (QED) is 0.681. The third-order valence-corrected chi connectivity index (χ3v) is 4.53.